The Balaban J connectivity index is 7.11. The third kappa shape index (κ3) is 52.2. The smallest absolute Gasteiger partial charge is 0.326 e. The van der Waals surface area contributed by atoms with Crippen molar-refractivity contribution in [1.29, 1.82) is 5.41 Å². The Morgan fingerprint density at radius 1 is 0.320 bits per heavy atom. The van der Waals surface area contributed by atoms with E-state index in [9.17, 15) is 176 Å². The predicted octanol–water partition coefficient (Wildman–Crippen LogP) is -17.3. The van der Waals surface area contributed by atoms with Crippen LogP contribution < -0.4 is 135 Å². The van der Waals surface area contributed by atoms with Gasteiger partial charge in [0.2, 0.25) is 130 Å². The van der Waals surface area contributed by atoms with Crippen LogP contribution in [0.25, 0.3) is 0 Å². The van der Waals surface area contributed by atoms with E-state index < -0.39 is 414 Å². The molecule has 0 fully saturated rings. The average molecular weight is 2190 g/mol. The molecule has 0 saturated heterocycles. The molecule has 0 radical (unpaired) electrons. The summed E-state index contributed by atoms with van der Waals surface area (Å²) in [6.45, 7) is 5.89. The van der Waals surface area contributed by atoms with Crippen LogP contribution in [0.5, 0.6) is 0 Å². The van der Waals surface area contributed by atoms with Crippen LogP contribution in [0.3, 0.4) is 0 Å². The molecule has 63 nitrogen and oxygen atoms in total. The maximum Gasteiger partial charge on any atom is 0.326 e. The van der Waals surface area contributed by atoms with Gasteiger partial charge in [-0.3, -0.25) is 125 Å². The van der Waals surface area contributed by atoms with Crippen LogP contribution in [0.1, 0.15) is 159 Å². The number of nitrogens with one attached hydrogen (secondary N) is 21. The van der Waals surface area contributed by atoms with Gasteiger partial charge in [0.15, 0.2) is 5.96 Å². The number of aliphatic hydroxyl groups is 7. The first-order valence-corrected chi connectivity index (χ1v) is 48.9. The van der Waals surface area contributed by atoms with E-state index in [-0.39, 0.29) is 44.4 Å². The normalized spacial score (nSPS) is 15.7. The number of carboxylic acids is 4. The van der Waals surface area contributed by atoms with Gasteiger partial charge < -0.3 is 191 Å². The van der Waals surface area contributed by atoms with Crippen molar-refractivity contribution < 1.29 is 181 Å². The Labute approximate surface area is 868 Å². The van der Waals surface area contributed by atoms with Crippen LogP contribution in [-0.2, 0) is 125 Å². The SMILES string of the molecule is CC[C@H](C)[C@H](NC(=O)[C@H](CC(=O)O)NC(=O)[C@H](CO)NC(=O)[C@H](CCC(N)=O)NC(=O)[C@H](CO)NC(=O)[C@H](CO)NC(=O)[C@H](CC(C)C)NC(=O)CNC(=O)[C@H](CO)NC(=O)[C@H](CS)NC(=O)[C@@H](N)CC(=O)O)C(=O)N[C@@H](CC(C)C)C(=O)N[C@H](C(=O)N[C@H](C(=O)N[C@@H](CCC(N)=O)C(=O)N[C@@H](CCC(N)=O)C(=O)N[C@@H](CCCNC(=N)N)C(=O)N[C@@H](CC(=O)O)C(=O)N[C@H](C(=O)N[C@@H](CCSC)C(=O)O)[C@@H](C)O)[C@@H](C)O)[C@@H](C)O. The van der Waals surface area contributed by atoms with Gasteiger partial charge in [0.05, 0.1) is 76.6 Å². The highest BCUT2D eigenvalue weighted by Gasteiger charge is 2.43. The van der Waals surface area contributed by atoms with E-state index in [4.69, 9.17) is 39.2 Å². The molecule has 0 aromatic heterocycles. The first kappa shape index (κ1) is 136. The summed E-state index contributed by atoms with van der Waals surface area (Å²) in [5, 5.41) is 163. The summed E-state index contributed by atoms with van der Waals surface area (Å²) in [7, 11) is 0. The first-order chi connectivity index (χ1) is 70.0. The van der Waals surface area contributed by atoms with Crippen LogP contribution in [-0.4, -0.2) is 406 Å². The summed E-state index contributed by atoms with van der Waals surface area (Å²) in [5.74, 6) is -37.6. The molecule has 0 rings (SSSR count). The highest BCUT2D eigenvalue weighted by Crippen LogP contribution is 2.17. The minimum absolute atomic E-state index is 0.00423. The van der Waals surface area contributed by atoms with Crippen LogP contribution in [0.15, 0.2) is 0 Å². The van der Waals surface area contributed by atoms with E-state index >= 15 is 0 Å². The number of carboxylic acid groups (broad SMARTS) is 4. The van der Waals surface area contributed by atoms with Crippen molar-refractivity contribution in [3.8, 4) is 0 Å². The molecule has 0 spiro atoms. The highest BCUT2D eigenvalue weighted by molar-refractivity contribution is 7.98. The maximum absolute atomic E-state index is 14.6. The van der Waals surface area contributed by atoms with E-state index in [1.165, 1.54) is 25.6 Å². The Kier molecular flexibility index (Phi) is 63.4. The number of amides is 22. The van der Waals surface area contributed by atoms with Crippen molar-refractivity contribution in [3.63, 3.8) is 0 Å². The zero-order valence-electron chi connectivity index (χ0n) is 84.0. The number of primary amides is 3. The second-order valence-electron chi connectivity index (χ2n) is 35.4. The van der Waals surface area contributed by atoms with Gasteiger partial charge >= 0.3 is 23.9 Å². The van der Waals surface area contributed by atoms with Gasteiger partial charge in [-0.2, -0.15) is 24.4 Å². The second-order valence-corrected chi connectivity index (χ2v) is 36.7. The fourth-order valence-corrected chi connectivity index (χ4v) is 14.1. The quantitative estimate of drug-likeness (QED) is 0.0116. The third-order valence-electron chi connectivity index (χ3n) is 21.7. The molecule has 23 atom stereocenters. The zero-order valence-corrected chi connectivity index (χ0v) is 85.7. The number of hydrogen-bond acceptors (Lipinski definition) is 37. The monoisotopic (exact) mass is 2180 g/mol. The molecular formula is C85H144N26O37S2. The van der Waals surface area contributed by atoms with Crippen LogP contribution in [0, 0.1) is 23.2 Å². The molecule has 0 bridgehead atoms. The van der Waals surface area contributed by atoms with Gasteiger partial charge in [0.1, 0.15) is 109 Å². The summed E-state index contributed by atoms with van der Waals surface area (Å²) >= 11 is 5.18. The number of guanidine groups is 1. The molecule has 42 N–H and O–H groups in total. The predicted molar refractivity (Wildman–Crippen MR) is 523 cm³/mol. The van der Waals surface area contributed by atoms with E-state index in [0.717, 1.165) is 20.8 Å². The number of carbonyl (C=O) groups excluding carboxylic acids is 22. The number of aliphatic hydroxyl groups excluding tert-OH is 7. The summed E-state index contributed by atoms with van der Waals surface area (Å²) in [6, 6.07) is -36.5. The second kappa shape index (κ2) is 70.0. The standard InChI is InChI=1S/C85H144N26O37S2/c1-11-36(6)62(108-74(137)48(26-60(125)126)101-77(140)52(31-114)104-71(134)43(15-18-56(88)120)97-76(139)51(30-113)106-78(141)53(32-115)105-72(135)46(23-34(2)3)94-58(122)28-93-67(130)50(29-112)103-79(142)54(33-149)107-66(129)40(86)25-59(123)124)80(143)102-47(24-35(4)5)73(136)110-65(39(9)118)83(146)111-64(38(8)117)81(144)98-44(16-19-57(89)121)70(133)96-42(14-17-55(87)119)69(132)95-41(13-12-21-92-85(90)91)68(131)100-49(27-61(127)128)75(138)109-63(37(7)116)82(145)99-45(84(147)148)20-22-150-10/h34-54,62-65,112-118,149H,11-33,86H2,1-10H3,(H2,87,119)(H2,88,120)(H2,89,121)(H,93,130)(H,94,122)(H,95,132)(H,96,133)(H,97,139)(H,98,144)(H,99,145)(H,100,131)(H,101,140)(H,102,143)(H,103,142)(H,104,134)(H,105,135)(H,106,141)(H,107,129)(H,108,137)(H,109,138)(H,110,136)(H,111,146)(H,123,124)(H,125,126)(H,127,128)(H,147,148)(H4,90,91,92)/t36-,37+,38+,39+,40-,41-,42-,43-,44-,45-,46-,47-,48-,49-,50-,51-,52-,53-,54-,62-,63-,64-,65-/m0/s1. The van der Waals surface area contributed by atoms with Gasteiger partial charge in [-0.1, -0.05) is 48.0 Å². The minimum Gasteiger partial charge on any atom is -0.481 e. The Bertz CT molecular complexity index is 4680. The van der Waals surface area contributed by atoms with Crippen LogP contribution in [0.2, 0.25) is 0 Å². The van der Waals surface area contributed by atoms with Crippen molar-refractivity contribution in [2.24, 2.45) is 46.4 Å². The molecule has 0 aromatic rings. The molecule has 0 aromatic carbocycles. The number of carbonyl (C=O) groups is 26. The van der Waals surface area contributed by atoms with Crippen molar-refractivity contribution in [1.82, 2.24) is 106 Å². The van der Waals surface area contributed by atoms with Crippen molar-refractivity contribution >= 4 is 184 Å². The van der Waals surface area contributed by atoms with Gasteiger partial charge in [-0.15, -0.1) is 0 Å². The number of hydrogen-bond donors (Lipinski definition) is 38. The first-order valence-electron chi connectivity index (χ1n) is 46.9. The number of thioether (sulfide) groups is 1. The van der Waals surface area contributed by atoms with Gasteiger partial charge in [0.25, 0.3) is 0 Å². The Morgan fingerprint density at radius 2 is 0.593 bits per heavy atom. The number of aliphatic carboxylic acids is 4. The average Bonchev–Trinajstić information content (AvgIpc) is 0.840. The highest BCUT2D eigenvalue weighted by atomic mass is 32.2. The number of rotatable bonds is 75. The summed E-state index contributed by atoms with van der Waals surface area (Å²) in [4.78, 5) is 347. The lowest BCUT2D eigenvalue weighted by Gasteiger charge is -2.31. The molecule has 0 saturated carbocycles. The molecule has 65 heteroatoms. The number of thiol groups is 1. The summed E-state index contributed by atoms with van der Waals surface area (Å²) in [5.41, 5.74) is 27.1. The Morgan fingerprint density at radius 3 is 0.920 bits per heavy atom. The fourth-order valence-electron chi connectivity index (χ4n) is 13.4. The largest absolute Gasteiger partial charge is 0.481 e. The molecule has 0 heterocycles. The third-order valence-corrected chi connectivity index (χ3v) is 22.7. The minimum atomic E-state index is -2.24. The van der Waals surface area contributed by atoms with Crippen LogP contribution >= 0.6 is 24.4 Å². The van der Waals surface area contributed by atoms with Crippen molar-refractivity contribution in [3.05, 3.63) is 0 Å². The van der Waals surface area contributed by atoms with Gasteiger partial charge in [-0.05, 0) is 102 Å². The van der Waals surface area contributed by atoms with Crippen molar-refractivity contribution in [2.75, 3.05) is 57.3 Å². The topological polar surface area (TPSA) is 1060 Å². The van der Waals surface area contributed by atoms with E-state index in [1.54, 1.807) is 34.0 Å². The molecule has 22 amide bonds. The molecule has 150 heavy (non-hydrogen) atoms. The Hall–Kier alpha value is -14.1. The lowest BCUT2D eigenvalue weighted by molar-refractivity contribution is -0.144. The van der Waals surface area contributed by atoms with Gasteiger partial charge in [0, 0.05) is 31.6 Å². The summed E-state index contributed by atoms with van der Waals surface area (Å²) in [6.07, 6.45) is -13.2. The number of nitrogens with two attached hydrogens (primary N) is 5. The van der Waals surface area contributed by atoms with E-state index in [1.807, 2.05) is 16.0 Å². The van der Waals surface area contributed by atoms with Crippen molar-refractivity contribution in [2.45, 2.75) is 292 Å². The lowest BCUT2D eigenvalue weighted by atomic mass is 9.96. The lowest BCUT2D eigenvalue weighted by Crippen LogP contribution is -2.64. The molecule has 0 aliphatic carbocycles. The fraction of sp³-hybridized carbons (Fsp3) is 0.682. The van der Waals surface area contributed by atoms with Crippen LogP contribution in [0.4, 0.5) is 0 Å². The molecule has 0 unspecified atom stereocenters. The maximum atomic E-state index is 14.6. The van der Waals surface area contributed by atoms with E-state index in [2.05, 4.69) is 103 Å². The van der Waals surface area contributed by atoms with Gasteiger partial charge in [-0.25, -0.2) is 4.79 Å². The van der Waals surface area contributed by atoms with E-state index in [0.29, 0.717) is 0 Å². The molecular weight excluding hydrogens is 2040 g/mol. The molecule has 0 aliphatic heterocycles. The molecule has 0 aliphatic rings. The zero-order chi connectivity index (χ0) is 115. The molecule has 848 valence electrons. The summed E-state index contributed by atoms with van der Waals surface area (Å²) < 4.78 is 0.